The lowest BCUT2D eigenvalue weighted by atomic mass is 10.1. The average Bonchev–Trinajstić information content (AvgIpc) is 3.10. The summed E-state index contributed by atoms with van der Waals surface area (Å²) in [5, 5.41) is 3.19. The number of benzene rings is 1. The van der Waals surface area contributed by atoms with Gasteiger partial charge < -0.3 is 15.1 Å². The van der Waals surface area contributed by atoms with E-state index >= 15 is 0 Å². The molecule has 2 aromatic rings. The van der Waals surface area contributed by atoms with Crippen LogP contribution in [0.5, 0.6) is 0 Å². The Bertz CT molecular complexity index is 672. The molecule has 0 aliphatic carbocycles. The van der Waals surface area contributed by atoms with Crippen molar-refractivity contribution in [2.24, 2.45) is 5.92 Å². The molecule has 5 nitrogen and oxygen atoms in total. The zero-order valence-corrected chi connectivity index (χ0v) is 14.3. The van der Waals surface area contributed by atoms with Crippen LogP contribution in [-0.4, -0.2) is 49.5 Å². The van der Waals surface area contributed by atoms with Gasteiger partial charge in [-0.05, 0) is 50.2 Å². The largest absolute Gasteiger partial charge is 0.338 e. The smallest absolute Gasteiger partial charge is 0.255 e. The van der Waals surface area contributed by atoms with Crippen molar-refractivity contribution < 1.29 is 4.79 Å². The van der Waals surface area contributed by atoms with Crippen molar-refractivity contribution >= 4 is 17.4 Å². The molecule has 126 valence electrons. The van der Waals surface area contributed by atoms with Gasteiger partial charge in [-0.3, -0.25) is 4.79 Å². The molecule has 2 heterocycles. The summed E-state index contributed by atoms with van der Waals surface area (Å²) >= 11 is 0. The summed E-state index contributed by atoms with van der Waals surface area (Å²) in [5.74, 6) is 1.46. The molecule has 1 aromatic carbocycles. The first-order chi connectivity index (χ1) is 11.7. The summed E-state index contributed by atoms with van der Waals surface area (Å²) in [6, 6.07) is 13.8. The quantitative estimate of drug-likeness (QED) is 0.918. The normalized spacial score (nSPS) is 17.1. The van der Waals surface area contributed by atoms with Crippen LogP contribution in [0.15, 0.2) is 48.7 Å². The summed E-state index contributed by atoms with van der Waals surface area (Å²) < 4.78 is 0. The van der Waals surface area contributed by atoms with E-state index in [1.807, 2.05) is 66.4 Å². The van der Waals surface area contributed by atoms with E-state index in [1.165, 1.54) is 0 Å². The Hall–Kier alpha value is -2.40. The molecule has 0 radical (unpaired) electrons. The number of carbonyl (C=O) groups is 1. The lowest BCUT2D eigenvalue weighted by Crippen LogP contribution is -2.30. The molecule has 1 saturated heterocycles. The van der Waals surface area contributed by atoms with E-state index < -0.39 is 0 Å². The Morgan fingerprint density at radius 2 is 2.08 bits per heavy atom. The highest BCUT2D eigenvalue weighted by Gasteiger charge is 2.26. The molecule has 1 atom stereocenters. The first-order valence-electron chi connectivity index (χ1n) is 8.37. The number of amides is 1. The second-order valence-corrected chi connectivity index (χ2v) is 6.26. The molecule has 0 spiro atoms. The maximum absolute atomic E-state index is 12.6. The number of nitrogens with zero attached hydrogens (tertiary/aromatic N) is 3. The lowest BCUT2D eigenvalue weighted by molar-refractivity contribution is 0.0787. The van der Waals surface area contributed by atoms with Gasteiger partial charge in [0, 0.05) is 32.0 Å². The van der Waals surface area contributed by atoms with E-state index in [9.17, 15) is 4.79 Å². The summed E-state index contributed by atoms with van der Waals surface area (Å²) in [6.45, 7) is 2.62. The third kappa shape index (κ3) is 3.57. The first-order valence-corrected chi connectivity index (χ1v) is 8.37. The second-order valence-electron chi connectivity index (χ2n) is 6.26. The van der Waals surface area contributed by atoms with E-state index in [4.69, 9.17) is 0 Å². The highest BCUT2D eigenvalue weighted by molar-refractivity contribution is 5.94. The number of aromatic nitrogens is 1. The van der Waals surface area contributed by atoms with E-state index in [1.54, 1.807) is 6.20 Å². The van der Waals surface area contributed by atoms with Crippen LogP contribution < -0.4 is 10.2 Å². The molecule has 0 bridgehead atoms. The number of hydrogen-bond donors (Lipinski definition) is 1. The van der Waals surface area contributed by atoms with Gasteiger partial charge in [0.2, 0.25) is 0 Å². The number of nitrogens with one attached hydrogen (secondary N) is 1. The first kappa shape index (κ1) is 16.5. The summed E-state index contributed by atoms with van der Waals surface area (Å²) in [5.41, 5.74) is 1.73. The fraction of sp³-hybridized carbons (Fsp3) is 0.368. The number of hydrogen-bond acceptors (Lipinski definition) is 4. The van der Waals surface area contributed by atoms with Gasteiger partial charge >= 0.3 is 0 Å². The average molecular weight is 324 g/mol. The van der Waals surface area contributed by atoms with E-state index in [-0.39, 0.29) is 5.91 Å². The monoisotopic (exact) mass is 324 g/mol. The summed E-state index contributed by atoms with van der Waals surface area (Å²) in [4.78, 5) is 21.0. The Balaban J connectivity index is 1.67. The fourth-order valence-electron chi connectivity index (χ4n) is 3.15. The minimum absolute atomic E-state index is 0.0787. The molecular formula is C19H24N4O. The Morgan fingerprint density at radius 3 is 2.75 bits per heavy atom. The molecule has 5 heteroatoms. The SMILES string of the molecule is CNC[C@@H]1CCN(C(=O)c2ccc(N(C)c3ccccc3)nc2)C1. The molecule has 24 heavy (non-hydrogen) atoms. The van der Waals surface area contributed by atoms with Crippen molar-refractivity contribution in [3.8, 4) is 0 Å². The highest BCUT2D eigenvalue weighted by Crippen LogP contribution is 2.22. The predicted molar refractivity (Wildman–Crippen MR) is 96.7 cm³/mol. The molecule has 0 saturated carbocycles. The van der Waals surface area contributed by atoms with Gasteiger partial charge in [0.25, 0.3) is 5.91 Å². The van der Waals surface area contributed by atoms with Gasteiger partial charge in [0.05, 0.1) is 5.56 Å². The van der Waals surface area contributed by atoms with Crippen LogP contribution in [0.25, 0.3) is 0 Å². The molecule has 1 aliphatic rings. The zero-order chi connectivity index (χ0) is 16.9. The summed E-state index contributed by atoms with van der Waals surface area (Å²) in [7, 11) is 3.93. The van der Waals surface area contributed by atoms with Gasteiger partial charge in [-0.1, -0.05) is 18.2 Å². The fourth-order valence-corrected chi connectivity index (χ4v) is 3.15. The van der Waals surface area contributed by atoms with E-state index in [2.05, 4.69) is 10.3 Å². The van der Waals surface area contributed by atoms with Crippen LogP contribution in [0.3, 0.4) is 0 Å². The van der Waals surface area contributed by atoms with Crippen LogP contribution in [0, 0.1) is 5.92 Å². The minimum Gasteiger partial charge on any atom is -0.338 e. The van der Waals surface area contributed by atoms with Crippen molar-refractivity contribution in [3.05, 3.63) is 54.2 Å². The van der Waals surface area contributed by atoms with Crippen LogP contribution in [0.4, 0.5) is 11.5 Å². The molecule has 0 unspecified atom stereocenters. The van der Waals surface area contributed by atoms with Gasteiger partial charge in [0.1, 0.15) is 5.82 Å². The van der Waals surface area contributed by atoms with Crippen molar-refractivity contribution in [1.29, 1.82) is 0 Å². The number of para-hydroxylation sites is 1. The number of anilines is 2. The predicted octanol–water partition coefficient (Wildman–Crippen LogP) is 2.53. The summed E-state index contributed by atoms with van der Waals surface area (Å²) in [6.07, 6.45) is 2.75. The maximum atomic E-state index is 12.6. The molecule has 1 aromatic heterocycles. The third-order valence-corrected chi connectivity index (χ3v) is 4.55. The maximum Gasteiger partial charge on any atom is 0.255 e. The molecule has 1 fully saturated rings. The standard InChI is InChI=1S/C19H24N4O/c1-20-12-15-10-11-23(14-15)19(24)16-8-9-18(21-13-16)22(2)17-6-4-3-5-7-17/h3-9,13,15,20H,10-12,14H2,1-2H3/t15-/m0/s1. The van der Waals surface area contributed by atoms with Crippen LogP contribution >= 0.6 is 0 Å². The molecule has 3 rings (SSSR count). The number of rotatable bonds is 5. The minimum atomic E-state index is 0.0787. The Morgan fingerprint density at radius 1 is 1.29 bits per heavy atom. The lowest BCUT2D eigenvalue weighted by Gasteiger charge is -2.19. The van der Waals surface area contributed by atoms with E-state index in [0.29, 0.717) is 11.5 Å². The molecular weight excluding hydrogens is 300 g/mol. The zero-order valence-electron chi connectivity index (χ0n) is 14.3. The number of carbonyl (C=O) groups excluding carboxylic acids is 1. The second kappa shape index (κ2) is 7.45. The number of pyridine rings is 1. The topological polar surface area (TPSA) is 48.5 Å². The van der Waals surface area contributed by atoms with Gasteiger partial charge in [-0.25, -0.2) is 4.98 Å². The van der Waals surface area contributed by atoms with Gasteiger partial charge in [0.15, 0.2) is 0 Å². The third-order valence-electron chi connectivity index (χ3n) is 4.55. The van der Waals surface area contributed by atoms with Gasteiger partial charge in [-0.2, -0.15) is 0 Å². The van der Waals surface area contributed by atoms with Crippen molar-refractivity contribution in [1.82, 2.24) is 15.2 Å². The van der Waals surface area contributed by atoms with Crippen molar-refractivity contribution in [2.75, 3.05) is 38.6 Å². The van der Waals surface area contributed by atoms with Crippen molar-refractivity contribution in [3.63, 3.8) is 0 Å². The Kier molecular flexibility index (Phi) is 5.11. The Labute approximate surface area is 143 Å². The molecule has 1 N–H and O–H groups in total. The van der Waals surface area contributed by atoms with Crippen molar-refractivity contribution in [2.45, 2.75) is 6.42 Å². The van der Waals surface area contributed by atoms with E-state index in [0.717, 1.165) is 37.6 Å². The van der Waals surface area contributed by atoms with Crippen LogP contribution in [0.1, 0.15) is 16.8 Å². The van der Waals surface area contributed by atoms with Crippen LogP contribution in [-0.2, 0) is 0 Å². The van der Waals surface area contributed by atoms with Crippen LogP contribution in [0.2, 0.25) is 0 Å². The molecule has 1 amide bonds. The van der Waals surface area contributed by atoms with Gasteiger partial charge in [-0.15, -0.1) is 0 Å². The highest BCUT2D eigenvalue weighted by atomic mass is 16.2. The number of likely N-dealkylation sites (tertiary alicyclic amines) is 1. The molecule has 1 aliphatic heterocycles.